The summed E-state index contributed by atoms with van der Waals surface area (Å²) in [5.74, 6) is 1.30. The second-order valence-electron chi connectivity index (χ2n) is 6.05. The van der Waals surface area contributed by atoms with E-state index in [-0.39, 0.29) is 0 Å². The van der Waals surface area contributed by atoms with Crippen LogP contribution >= 0.6 is 0 Å². The first-order valence-electron chi connectivity index (χ1n) is 8.39. The first-order valence-corrected chi connectivity index (χ1v) is 8.39. The number of aryl methyl sites for hydroxylation is 1. The summed E-state index contributed by atoms with van der Waals surface area (Å²) in [5, 5.41) is 6.70. The van der Waals surface area contributed by atoms with Gasteiger partial charge in [-0.3, -0.25) is 4.99 Å². The number of nitrogens with zero attached hydrogens (tertiary/aromatic N) is 1. The normalized spacial score (nSPS) is 20.0. The molecule has 2 N–H and O–H groups in total. The summed E-state index contributed by atoms with van der Waals surface area (Å²) >= 11 is 0. The number of guanidine groups is 1. The van der Waals surface area contributed by atoms with Crippen LogP contribution in [0.15, 0.2) is 29.3 Å². The first-order chi connectivity index (χ1) is 10.7. The molecule has 1 aromatic carbocycles. The highest BCUT2D eigenvalue weighted by atomic mass is 16.5. The monoisotopic (exact) mass is 303 g/mol. The minimum absolute atomic E-state index is 0.332. The second kappa shape index (κ2) is 8.79. The number of benzene rings is 1. The highest BCUT2D eigenvalue weighted by Gasteiger charge is 2.15. The molecule has 0 saturated carbocycles. The van der Waals surface area contributed by atoms with Crippen LogP contribution in [0.4, 0.5) is 0 Å². The van der Waals surface area contributed by atoms with Crippen LogP contribution in [0.1, 0.15) is 43.7 Å². The van der Waals surface area contributed by atoms with Gasteiger partial charge in [-0.05, 0) is 32.3 Å². The van der Waals surface area contributed by atoms with Gasteiger partial charge in [-0.15, -0.1) is 0 Å². The third-order valence-corrected chi connectivity index (χ3v) is 4.00. The molecular formula is C18H29N3O. The van der Waals surface area contributed by atoms with Crippen LogP contribution in [-0.2, 0) is 4.74 Å². The average Bonchev–Trinajstić information content (AvgIpc) is 3.03. The summed E-state index contributed by atoms with van der Waals surface area (Å²) in [7, 11) is 0. The molecule has 0 radical (unpaired) electrons. The predicted molar refractivity (Wildman–Crippen MR) is 92.5 cm³/mol. The van der Waals surface area contributed by atoms with Crippen molar-refractivity contribution in [3.8, 4) is 0 Å². The number of aliphatic imine (C=N–C) groups is 1. The van der Waals surface area contributed by atoms with Crippen molar-refractivity contribution in [2.75, 3.05) is 26.2 Å². The number of nitrogens with one attached hydrogen (secondary N) is 2. The molecule has 2 unspecified atom stereocenters. The molecule has 1 heterocycles. The van der Waals surface area contributed by atoms with Gasteiger partial charge in [0.2, 0.25) is 0 Å². The van der Waals surface area contributed by atoms with Crippen LogP contribution in [0.5, 0.6) is 0 Å². The van der Waals surface area contributed by atoms with E-state index in [4.69, 9.17) is 9.73 Å². The maximum absolute atomic E-state index is 5.64. The summed E-state index contributed by atoms with van der Waals surface area (Å²) in [4.78, 5) is 4.72. The first kappa shape index (κ1) is 16.8. The lowest BCUT2D eigenvalue weighted by atomic mass is 10.00. The van der Waals surface area contributed by atoms with E-state index in [1.165, 1.54) is 17.5 Å². The Kier molecular flexibility index (Phi) is 6.72. The van der Waals surface area contributed by atoms with Gasteiger partial charge in [0.05, 0.1) is 6.10 Å². The molecule has 122 valence electrons. The molecule has 0 aromatic heterocycles. The molecule has 0 aliphatic carbocycles. The summed E-state index contributed by atoms with van der Waals surface area (Å²) in [6, 6.07) is 8.67. The van der Waals surface area contributed by atoms with Gasteiger partial charge in [-0.2, -0.15) is 0 Å². The van der Waals surface area contributed by atoms with Crippen LogP contribution in [0, 0.1) is 6.92 Å². The van der Waals surface area contributed by atoms with Gasteiger partial charge >= 0.3 is 0 Å². The minimum Gasteiger partial charge on any atom is -0.376 e. The summed E-state index contributed by atoms with van der Waals surface area (Å²) in [5.41, 5.74) is 2.65. The zero-order valence-corrected chi connectivity index (χ0v) is 14.1. The van der Waals surface area contributed by atoms with Crippen molar-refractivity contribution in [3.05, 3.63) is 35.4 Å². The van der Waals surface area contributed by atoms with Gasteiger partial charge in [-0.1, -0.05) is 36.8 Å². The smallest absolute Gasteiger partial charge is 0.191 e. The second-order valence-corrected chi connectivity index (χ2v) is 6.05. The Morgan fingerprint density at radius 2 is 2.27 bits per heavy atom. The molecule has 1 aliphatic heterocycles. The van der Waals surface area contributed by atoms with Crippen molar-refractivity contribution < 1.29 is 4.74 Å². The number of hydrogen-bond donors (Lipinski definition) is 2. The molecule has 4 heteroatoms. The predicted octanol–water partition coefficient (Wildman–Crippen LogP) is 2.83. The standard InChI is InChI=1S/C18H29N3O/c1-4-19-18(21-13-17-9-6-10-22-17)20-12-15(3)16-8-5-7-14(2)11-16/h5,7-8,11,15,17H,4,6,9-10,12-13H2,1-3H3,(H2,19,20,21). The molecule has 1 fully saturated rings. The van der Waals surface area contributed by atoms with Crippen LogP contribution < -0.4 is 10.6 Å². The maximum Gasteiger partial charge on any atom is 0.191 e. The molecule has 0 amide bonds. The molecule has 4 nitrogen and oxygen atoms in total. The Bertz CT molecular complexity index is 481. The molecule has 0 bridgehead atoms. The molecule has 0 spiro atoms. The minimum atomic E-state index is 0.332. The van der Waals surface area contributed by atoms with Gasteiger partial charge < -0.3 is 15.4 Å². The molecular weight excluding hydrogens is 274 g/mol. The maximum atomic E-state index is 5.64. The highest BCUT2D eigenvalue weighted by Crippen LogP contribution is 2.16. The zero-order valence-electron chi connectivity index (χ0n) is 14.1. The largest absolute Gasteiger partial charge is 0.376 e. The Labute approximate surface area is 134 Å². The van der Waals surface area contributed by atoms with Crippen LogP contribution in [0.3, 0.4) is 0 Å². The SMILES string of the molecule is CCNC(=NCC(C)c1cccc(C)c1)NCC1CCCO1. The Morgan fingerprint density at radius 1 is 1.41 bits per heavy atom. The van der Waals surface area contributed by atoms with Crippen molar-refractivity contribution in [1.29, 1.82) is 0 Å². The lowest BCUT2D eigenvalue weighted by molar-refractivity contribution is 0.114. The lowest BCUT2D eigenvalue weighted by Gasteiger charge is -2.16. The molecule has 1 aromatic rings. The van der Waals surface area contributed by atoms with E-state index in [0.717, 1.165) is 38.6 Å². The van der Waals surface area contributed by atoms with Crippen molar-refractivity contribution in [2.45, 2.75) is 45.6 Å². The Balaban J connectivity index is 1.87. The summed E-state index contributed by atoms with van der Waals surface area (Å²) in [6.45, 7) is 9.83. The van der Waals surface area contributed by atoms with Crippen LogP contribution in [-0.4, -0.2) is 38.3 Å². The number of rotatable bonds is 6. The number of hydrogen-bond acceptors (Lipinski definition) is 2. The fourth-order valence-corrected chi connectivity index (χ4v) is 2.67. The van der Waals surface area contributed by atoms with E-state index in [1.807, 2.05) is 0 Å². The van der Waals surface area contributed by atoms with Gasteiger partial charge in [0.15, 0.2) is 5.96 Å². The Morgan fingerprint density at radius 3 is 2.95 bits per heavy atom. The van der Waals surface area contributed by atoms with E-state index in [2.05, 4.69) is 55.7 Å². The third kappa shape index (κ3) is 5.34. The summed E-state index contributed by atoms with van der Waals surface area (Å²) < 4.78 is 5.64. The fourth-order valence-electron chi connectivity index (χ4n) is 2.67. The molecule has 2 atom stereocenters. The van der Waals surface area contributed by atoms with Crippen molar-refractivity contribution in [1.82, 2.24) is 10.6 Å². The zero-order chi connectivity index (χ0) is 15.8. The van der Waals surface area contributed by atoms with Crippen molar-refractivity contribution >= 4 is 5.96 Å². The number of ether oxygens (including phenoxy) is 1. The topological polar surface area (TPSA) is 45.7 Å². The molecule has 2 rings (SSSR count). The molecule has 22 heavy (non-hydrogen) atoms. The lowest BCUT2D eigenvalue weighted by Crippen LogP contribution is -2.41. The quantitative estimate of drug-likeness (QED) is 0.627. The van der Waals surface area contributed by atoms with Crippen molar-refractivity contribution in [3.63, 3.8) is 0 Å². The highest BCUT2D eigenvalue weighted by molar-refractivity contribution is 5.79. The van der Waals surface area contributed by atoms with Crippen LogP contribution in [0.2, 0.25) is 0 Å². The molecule has 1 saturated heterocycles. The average molecular weight is 303 g/mol. The Hall–Kier alpha value is -1.55. The molecule has 1 aliphatic rings. The van der Waals surface area contributed by atoms with Gasteiger partial charge in [0.25, 0.3) is 0 Å². The third-order valence-electron chi connectivity index (χ3n) is 4.00. The van der Waals surface area contributed by atoms with E-state index in [9.17, 15) is 0 Å². The van der Waals surface area contributed by atoms with Crippen LogP contribution in [0.25, 0.3) is 0 Å². The fraction of sp³-hybridized carbons (Fsp3) is 0.611. The summed E-state index contributed by atoms with van der Waals surface area (Å²) in [6.07, 6.45) is 2.65. The van der Waals surface area contributed by atoms with Crippen molar-refractivity contribution in [2.24, 2.45) is 4.99 Å². The van der Waals surface area contributed by atoms with E-state index < -0.39 is 0 Å². The van der Waals surface area contributed by atoms with Gasteiger partial charge in [0, 0.05) is 32.2 Å². The van der Waals surface area contributed by atoms with E-state index >= 15 is 0 Å². The van der Waals surface area contributed by atoms with Gasteiger partial charge in [-0.25, -0.2) is 0 Å². The van der Waals surface area contributed by atoms with E-state index in [1.54, 1.807) is 0 Å². The van der Waals surface area contributed by atoms with E-state index in [0.29, 0.717) is 12.0 Å². The van der Waals surface area contributed by atoms with Gasteiger partial charge in [0.1, 0.15) is 0 Å².